The van der Waals surface area contributed by atoms with Crippen molar-refractivity contribution < 1.29 is 0 Å². The highest BCUT2D eigenvalue weighted by molar-refractivity contribution is 7.19. The molecule has 4 nitrogen and oxygen atoms in total. The Morgan fingerprint density at radius 1 is 1.17 bits per heavy atom. The Bertz CT molecular complexity index is 1030. The van der Waals surface area contributed by atoms with Crippen LogP contribution in [-0.2, 0) is 19.3 Å². The molecule has 0 aliphatic heterocycles. The molecule has 5 rings (SSSR count). The molecule has 0 atom stereocenters. The number of aromatic nitrogens is 2. The molecule has 0 radical (unpaired) electrons. The Morgan fingerprint density at radius 3 is 2.87 bits per heavy atom. The molecule has 1 N–H and O–H groups in total. The maximum atomic E-state index is 6.12. The minimum Gasteiger partial charge on any atom is -0.367 e. The first-order chi connectivity index (χ1) is 14.7. The Hall–Kier alpha value is -1.69. The number of thiophene rings is 1. The minimum absolute atomic E-state index is 0.512. The molecule has 2 aliphatic rings. The summed E-state index contributed by atoms with van der Waals surface area (Å²) < 4.78 is 0. The second-order valence-electron chi connectivity index (χ2n) is 8.77. The van der Waals surface area contributed by atoms with E-state index in [0.29, 0.717) is 12.1 Å². The van der Waals surface area contributed by atoms with Crippen molar-refractivity contribution in [2.24, 2.45) is 0 Å². The third-order valence-corrected chi connectivity index (χ3v) is 8.24. The lowest BCUT2D eigenvalue weighted by molar-refractivity contribution is 0.188. The van der Waals surface area contributed by atoms with Crippen LogP contribution >= 0.6 is 22.9 Å². The maximum Gasteiger partial charge on any atom is 0.138 e. The largest absolute Gasteiger partial charge is 0.367 e. The van der Waals surface area contributed by atoms with Crippen LogP contribution in [0.1, 0.15) is 48.1 Å². The smallest absolute Gasteiger partial charge is 0.138 e. The van der Waals surface area contributed by atoms with Gasteiger partial charge >= 0.3 is 0 Å². The fraction of sp³-hybridized carbons (Fsp3) is 0.500. The van der Waals surface area contributed by atoms with E-state index < -0.39 is 0 Å². The Morgan fingerprint density at radius 2 is 2.03 bits per heavy atom. The molecule has 1 aromatic carbocycles. The molecule has 0 spiro atoms. The average Bonchev–Trinajstić information content (AvgIpc) is 3.34. The van der Waals surface area contributed by atoms with Crippen LogP contribution in [0.4, 0.5) is 5.82 Å². The summed E-state index contributed by atoms with van der Waals surface area (Å²) in [7, 11) is 2.27. The Labute approximate surface area is 187 Å². The molecule has 3 aromatic rings. The predicted octanol–water partition coefficient (Wildman–Crippen LogP) is 5.73. The van der Waals surface area contributed by atoms with E-state index in [0.717, 1.165) is 28.6 Å². The number of anilines is 1. The first-order valence-corrected chi connectivity index (χ1v) is 12.3. The van der Waals surface area contributed by atoms with Gasteiger partial charge in [-0.3, -0.25) is 0 Å². The third kappa shape index (κ3) is 4.20. The SMILES string of the molecule is CN(CCc1cccc(Cl)c1)[C@H]1CC[C@H](Nc2ncnc3sc4c(c23)CCC4)CC1. The number of hydrogen-bond donors (Lipinski definition) is 1. The molecule has 6 heteroatoms. The number of nitrogens with zero attached hydrogens (tertiary/aromatic N) is 3. The zero-order valence-corrected chi connectivity index (χ0v) is 19.1. The Balaban J connectivity index is 1.17. The van der Waals surface area contributed by atoms with E-state index in [9.17, 15) is 0 Å². The quantitative estimate of drug-likeness (QED) is 0.531. The third-order valence-electron chi connectivity index (χ3n) is 6.80. The predicted molar refractivity (Wildman–Crippen MR) is 127 cm³/mol. The highest BCUT2D eigenvalue weighted by Gasteiger charge is 2.26. The zero-order valence-electron chi connectivity index (χ0n) is 17.5. The number of likely N-dealkylation sites (N-methyl/N-ethyl adjacent to an activating group) is 1. The van der Waals surface area contributed by atoms with Crippen molar-refractivity contribution in [3.8, 4) is 0 Å². The topological polar surface area (TPSA) is 41.0 Å². The summed E-state index contributed by atoms with van der Waals surface area (Å²) in [5, 5.41) is 5.92. The number of fused-ring (bicyclic) bond motifs is 3. The second-order valence-corrected chi connectivity index (χ2v) is 10.3. The van der Waals surface area contributed by atoms with Gasteiger partial charge in [0.25, 0.3) is 0 Å². The van der Waals surface area contributed by atoms with Crippen molar-refractivity contribution in [2.75, 3.05) is 18.9 Å². The number of nitrogens with one attached hydrogen (secondary N) is 1. The number of rotatable bonds is 6. The normalized spacial score (nSPS) is 21.3. The van der Waals surface area contributed by atoms with Crippen LogP contribution in [0.25, 0.3) is 10.2 Å². The molecule has 2 aliphatic carbocycles. The summed E-state index contributed by atoms with van der Waals surface area (Å²) in [5.41, 5.74) is 2.83. The average molecular weight is 441 g/mol. The lowest BCUT2D eigenvalue weighted by Crippen LogP contribution is -2.39. The van der Waals surface area contributed by atoms with E-state index in [-0.39, 0.29) is 0 Å². The minimum atomic E-state index is 0.512. The summed E-state index contributed by atoms with van der Waals surface area (Å²) in [6, 6.07) is 9.42. The summed E-state index contributed by atoms with van der Waals surface area (Å²) in [6.45, 7) is 1.08. The molecule has 0 bridgehead atoms. The van der Waals surface area contributed by atoms with Gasteiger partial charge in [-0.05, 0) is 81.7 Å². The summed E-state index contributed by atoms with van der Waals surface area (Å²) in [5.74, 6) is 1.07. The summed E-state index contributed by atoms with van der Waals surface area (Å²) in [6.07, 6.45) is 11.3. The first kappa shape index (κ1) is 20.2. The first-order valence-electron chi connectivity index (χ1n) is 11.1. The van der Waals surface area contributed by atoms with Gasteiger partial charge in [0.05, 0.1) is 5.39 Å². The van der Waals surface area contributed by atoms with Crippen LogP contribution < -0.4 is 5.32 Å². The van der Waals surface area contributed by atoms with Crippen LogP contribution in [0.3, 0.4) is 0 Å². The Kier molecular flexibility index (Phi) is 5.94. The van der Waals surface area contributed by atoms with Crippen LogP contribution in [-0.4, -0.2) is 40.5 Å². The number of aryl methyl sites for hydroxylation is 2. The molecule has 30 heavy (non-hydrogen) atoms. The second kappa shape index (κ2) is 8.81. The molecule has 1 saturated carbocycles. The van der Waals surface area contributed by atoms with Gasteiger partial charge < -0.3 is 10.2 Å². The molecule has 0 saturated heterocycles. The lowest BCUT2D eigenvalue weighted by Gasteiger charge is -2.35. The van der Waals surface area contributed by atoms with Crippen LogP contribution in [0.15, 0.2) is 30.6 Å². The molecule has 0 unspecified atom stereocenters. The molecule has 0 amide bonds. The van der Waals surface area contributed by atoms with Gasteiger partial charge in [-0.25, -0.2) is 9.97 Å². The fourth-order valence-electron chi connectivity index (χ4n) is 5.07. The number of hydrogen-bond acceptors (Lipinski definition) is 5. The molecule has 158 valence electrons. The van der Waals surface area contributed by atoms with Crippen molar-refractivity contribution in [1.29, 1.82) is 0 Å². The van der Waals surface area contributed by atoms with Gasteiger partial charge in [-0.1, -0.05) is 23.7 Å². The van der Waals surface area contributed by atoms with E-state index in [1.807, 2.05) is 23.5 Å². The fourth-order valence-corrected chi connectivity index (χ4v) is 6.51. The lowest BCUT2D eigenvalue weighted by atomic mass is 9.90. The van der Waals surface area contributed by atoms with E-state index in [1.165, 1.54) is 66.3 Å². The monoisotopic (exact) mass is 440 g/mol. The molecule has 2 heterocycles. The summed E-state index contributed by atoms with van der Waals surface area (Å²) in [4.78, 5) is 14.4. The standard InChI is InChI=1S/C24H29ClN4S/c1-29(13-12-16-4-2-5-17(25)14-16)19-10-8-18(9-11-19)28-23-22-20-6-3-7-21(20)30-24(22)27-15-26-23/h2,4-5,14-15,18-19H,3,6-13H2,1H3,(H,26,27,28)/t18-,19-. The highest BCUT2D eigenvalue weighted by Crippen LogP contribution is 2.39. The maximum absolute atomic E-state index is 6.12. The van der Waals surface area contributed by atoms with Crippen molar-refractivity contribution in [3.63, 3.8) is 0 Å². The van der Waals surface area contributed by atoms with Crippen molar-refractivity contribution in [2.45, 2.75) is 63.5 Å². The van der Waals surface area contributed by atoms with E-state index in [2.05, 4.69) is 39.4 Å². The number of halogens is 1. The van der Waals surface area contributed by atoms with Crippen molar-refractivity contribution in [3.05, 3.63) is 51.6 Å². The van der Waals surface area contributed by atoms with Crippen LogP contribution in [0.5, 0.6) is 0 Å². The van der Waals surface area contributed by atoms with E-state index >= 15 is 0 Å². The van der Waals surface area contributed by atoms with E-state index in [1.54, 1.807) is 6.33 Å². The van der Waals surface area contributed by atoms with Gasteiger partial charge in [-0.15, -0.1) is 11.3 Å². The van der Waals surface area contributed by atoms with Gasteiger partial charge in [0.2, 0.25) is 0 Å². The van der Waals surface area contributed by atoms with Gasteiger partial charge in [0.1, 0.15) is 17.0 Å². The van der Waals surface area contributed by atoms with Gasteiger partial charge in [0.15, 0.2) is 0 Å². The van der Waals surface area contributed by atoms with Crippen molar-refractivity contribution >= 4 is 39.0 Å². The molecular formula is C24H29ClN4S. The van der Waals surface area contributed by atoms with E-state index in [4.69, 9.17) is 11.6 Å². The van der Waals surface area contributed by atoms with Crippen LogP contribution in [0, 0.1) is 0 Å². The molecule has 2 aromatic heterocycles. The van der Waals surface area contributed by atoms with Crippen molar-refractivity contribution in [1.82, 2.24) is 14.9 Å². The van der Waals surface area contributed by atoms with Crippen LogP contribution in [0.2, 0.25) is 5.02 Å². The number of benzene rings is 1. The van der Waals surface area contributed by atoms with Gasteiger partial charge in [-0.2, -0.15) is 0 Å². The highest BCUT2D eigenvalue weighted by atomic mass is 35.5. The zero-order chi connectivity index (χ0) is 20.5. The summed E-state index contributed by atoms with van der Waals surface area (Å²) >= 11 is 7.99. The molecule has 1 fully saturated rings. The molecular weight excluding hydrogens is 412 g/mol. The van der Waals surface area contributed by atoms with Gasteiger partial charge in [0, 0.05) is 28.5 Å².